The number of hydrogen-bond donors (Lipinski definition) is 2. The molecule has 4 aromatic rings. The molecule has 0 bridgehead atoms. The van der Waals surface area contributed by atoms with Gasteiger partial charge >= 0.3 is 0 Å². The molecule has 4 rings (SSSR count). The number of hydrogen-bond acceptors (Lipinski definition) is 6. The highest BCUT2D eigenvalue weighted by atomic mass is 16.5. The fraction of sp³-hybridized carbons (Fsp3) is 0.120. The van der Waals surface area contributed by atoms with E-state index in [1.807, 2.05) is 0 Å². The molecule has 0 aliphatic carbocycles. The minimum Gasteiger partial charge on any atom is -0.497 e. The van der Waals surface area contributed by atoms with Gasteiger partial charge in [0.2, 0.25) is 5.78 Å². The van der Waals surface area contributed by atoms with Crippen molar-refractivity contribution in [2.45, 2.75) is 0 Å². The van der Waals surface area contributed by atoms with Gasteiger partial charge in [-0.1, -0.05) is 6.07 Å². The average Bonchev–Trinajstić information content (AvgIpc) is 3.15. The van der Waals surface area contributed by atoms with Gasteiger partial charge in [-0.25, -0.2) is 0 Å². The lowest BCUT2D eigenvalue weighted by Crippen LogP contribution is -2.14. The van der Waals surface area contributed by atoms with Gasteiger partial charge in [-0.3, -0.25) is 9.59 Å². The Bertz CT molecular complexity index is 1340. The highest BCUT2D eigenvalue weighted by molar-refractivity contribution is 6.20. The van der Waals surface area contributed by atoms with Crippen LogP contribution in [0.2, 0.25) is 0 Å². The number of benzene rings is 2. The van der Waals surface area contributed by atoms with Crippen LogP contribution in [-0.4, -0.2) is 37.4 Å². The Labute approximate surface area is 190 Å². The molecule has 0 saturated heterocycles. The number of ketones is 1. The molecule has 0 aliphatic rings. The van der Waals surface area contributed by atoms with Crippen LogP contribution in [0.1, 0.15) is 26.4 Å². The quantitative estimate of drug-likeness (QED) is 0.416. The number of carbonyl (C=O) groups is 2. The third kappa shape index (κ3) is 3.94. The molecule has 2 heterocycles. The van der Waals surface area contributed by atoms with Crippen LogP contribution in [0, 0.1) is 0 Å². The van der Waals surface area contributed by atoms with E-state index in [-0.39, 0.29) is 22.7 Å². The van der Waals surface area contributed by atoms with Gasteiger partial charge < -0.3 is 29.7 Å². The highest BCUT2D eigenvalue weighted by Crippen LogP contribution is 2.33. The number of methoxy groups -OCH3 is 3. The predicted molar refractivity (Wildman–Crippen MR) is 126 cm³/mol. The summed E-state index contributed by atoms with van der Waals surface area (Å²) in [5.41, 5.74) is 8.28. The summed E-state index contributed by atoms with van der Waals surface area (Å²) in [7, 11) is 4.60. The zero-order valence-corrected chi connectivity index (χ0v) is 18.4. The molecular formula is C25H23N3O5. The SMILES string of the molecule is COc1ccc(C(=O)c2c(N)c(C(=O)Nc3ccc(OC)cc3OC)c3ccccn23)cc1. The number of carbonyl (C=O) groups excluding carboxylic acids is 2. The van der Waals surface area contributed by atoms with E-state index < -0.39 is 5.91 Å². The van der Waals surface area contributed by atoms with Gasteiger partial charge in [-0.05, 0) is 48.5 Å². The van der Waals surface area contributed by atoms with Crippen molar-refractivity contribution in [2.24, 2.45) is 0 Å². The third-order valence-electron chi connectivity index (χ3n) is 5.33. The molecule has 168 valence electrons. The van der Waals surface area contributed by atoms with E-state index in [0.717, 1.165) is 0 Å². The molecule has 8 nitrogen and oxygen atoms in total. The van der Waals surface area contributed by atoms with Crippen LogP contribution in [0.15, 0.2) is 66.9 Å². The van der Waals surface area contributed by atoms with E-state index >= 15 is 0 Å². The van der Waals surface area contributed by atoms with Crippen molar-refractivity contribution in [1.82, 2.24) is 4.40 Å². The van der Waals surface area contributed by atoms with Crippen molar-refractivity contribution >= 4 is 28.6 Å². The van der Waals surface area contributed by atoms with Crippen LogP contribution in [0.5, 0.6) is 17.2 Å². The van der Waals surface area contributed by atoms with Crippen molar-refractivity contribution in [2.75, 3.05) is 32.4 Å². The van der Waals surface area contributed by atoms with Crippen LogP contribution in [0.4, 0.5) is 11.4 Å². The molecule has 8 heteroatoms. The Morgan fingerprint density at radius 3 is 2.24 bits per heavy atom. The Morgan fingerprint density at radius 1 is 0.879 bits per heavy atom. The maximum Gasteiger partial charge on any atom is 0.260 e. The van der Waals surface area contributed by atoms with E-state index in [1.54, 1.807) is 85.5 Å². The van der Waals surface area contributed by atoms with Gasteiger partial charge in [0.25, 0.3) is 5.91 Å². The first-order valence-corrected chi connectivity index (χ1v) is 10.1. The van der Waals surface area contributed by atoms with Crippen molar-refractivity contribution in [3.05, 3.63) is 83.7 Å². The molecule has 0 saturated carbocycles. The van der Waals surface area contributed by atoms with Gasteiger partial charge in [0.15, 0.2) is 0 Å². The molecule has 0 aliphatic heterocycles. The third-order valence-corrected chi connectivity index (χ3v) is 5.33. The van der Waals surface area contributed by atoms with Gasteiger partial charge in [-0.2, -0.15) is 0 Å². The summed E-state index contributed by atoms with van der Waals surface area (Å²) in [5, 5.41) is 2.83. The molecular weight excluding hydrogens is 422 g/mol. The average molecular weight is 445 g/mol. The van der Waals surface area contributed by atoms with Crippen LogP contribution < -0.4 is 25.3 Å². The molecule has 2 aromatic heterocycles. The number of amides is 1. The summed E-state index contributed by atoms with van der Waals surface area (Å²) in [6.07, 6.45) is 1.70. The lowest BCUT2D eigenvalue weighted by Gasteiger charge is -2.11. The van der Waals surface area contributed by atoms with Gasteiger partial charge in [-0.15, -0.1) is 0 Å². The predicted octanol–water partition coefficient (Wildman–Crippen LogP) is 4.03. The Kier molecular flexibility index (Phi) is 5.91. The Balaban J connectivity index is 1.77. The first kappa shape index (κ1) is 21.8. The minimum atomic E-state index is -0.464. The highest BCUT2D eigenvalue weighted by Gasteiger charge is 2.26. The largest absolute Gasteiger partial charge is 0.497 e. The molecule has 3 N–H and O–H groups in total. The number of aromatic nitrogens is 1. The molecule has 0 atom stereocenters. The monoisotopic (exact) mass is 445 g/mol. The maximum atomic E-state index is 13.3. The first-order valence-electron chi connectivity index (χ1n) is 10.1. The van der Waals surface area contributed by atoms with Gasteiger partial charge in [0.05, 0.1) is 43.8 Å². The fourth-order valence-corrected chi connectivity index (χ4v) is 3.66. The molecule has 2 aromatic carbocycles. The second-order valence-electron chi connectivity index (χ2n) is 7.17. The van der Waals surface area contributed by atoms with Crippen LogP contribution in [0.25, 0.3) is 5.52 Å². The normalized spacial score (nSPS) is 10.6. The number of ether oxygens (including phenoxy) is 3. The Morgan fingerprint density at radius 2 is 1.58 bits per heavy atom. The molecule has 0 radical (unpaired) electrons. The zero-order chi connectivity index (χ0) is 23.5. The summed E-state index contributed by atoms with van der Waals surface area (Å²) < 4.78 is 17.4. The van der Waals surface area contributed by atoms with E-state index in [4.69, 9.17) is 19.9 Å². The molecule has 33 heavy (non-hydrogen) atoms. The standard InChI is InChI=1S/C25H23N3O5/c1-31-16-9-7-15(8-10-16)24(29)23-22(26)21(19-6-4-5-13-28(19)23)25(30)27-18-12-11-17(32-2)14-20(18)33-3/h4-14H,26H2,1-3H3,(H,27,30). The second kappa shape index (κ2) is 8.96. The second-order valence-corrected chi connectivity index (χ2v) is 7.17. The summed E-state index contributed by atoms with van der Waals surface area (Å²) in [4.78, 5) is 26.6. The van der Waals surface area contributed by atoms with E-state index in [2.05, 4.69) is 5.32 Å². The summed E-state index contributed by atoms with van der Waals surface area (Å²) in [6.45, 7) is 0. The summed E-state index contributed by atoms with van der Waals surface area (Å²) >= 11 is 0. The number of nitrogen functional groups attached to an aromatic ring is 1. The summed E-state index contributed by atoms with van der Waals surface area (Å²) in [6, 6.07) is 17.0. The van der Waals surface area contributed by atoms with Crippen molar-refractivity contribution < 1.29 is 23.8 Å². The van der Waals surface area contributed by atoms with Gasteiger partial charge in [0.1, 0.15) is 22.9 Å². The zero-order valence-electron chi connectivity index (χ0n) is 18.4. The minimum absolute atomic E-state index is 0.0898. The number of pyridine rings is 1. The smallest absolute Gasteiger partial charge is 0.260 e. The molecule has 1 amide bonds. The van der Waals surface area contributed by atoms with Crippen molar-refractivity contribution in [3.63, 3.8) is 0 Å². The lowest BCUT2D eigenvalue weighted by atomic mass is 10.1. The number of rotatable bonds is 7. The maximum absolute atomic E-state index is 13.3. The number of nitrogens with one attached hydrogen (secondary N) is 1. The number of anilines is 2. The van der Waals surface area contributed by atoms with E-state index in [0.29, 0.717) is 34.0 Å². The topological polar surface area (TPSA) is 104 Å². The summed E-state index contributed by atoms with van der Waals surface area (Å²) in [5.74, 6) is 0.879. The molecule has 0 fully saturated rings. The number of nitrogens with two attached hydrogens (primary N) is 1. The van der Waals surface area contributed by atoms with Crippen molar-refractivity contribution in [3.8, 4) is 17.2 Å². The molecule has 0 spiro atoms. The first-order chi connectivity index (χ1) is 16.0. The van der Waals surface area contributed by atoms with Crippen LogP contribution in [0.3, 0.4) is 0 Å². The van der Waals surface area contributed by atoms with Crippen LogP contribution in [-0.2, 0) is 0 Å². The number of fused-ring (bicyclic) bond motifs is 1. The fourth-order valence-electron chi connectivity index (χ4n) is 3.66. The Hall–Kier alpha value is -4.46. The van der Waals surface area contributed by atoms with E-state index in [1.165, 1.54) is 7.11 Å². The van der Waals surface area contributed by atoms with Crippen LogP contribution >= 0.6 is 0 Å². The van der Waals surface area contributed by atoms with E-state index in [9.17, 15) is 9.59 Å². The lowest BCUT2D eigenvalue weighted by molar-refractivity contribution is 0.102. The molecule has 0 unspecified atom stereocenters. The number of nitrogens with zero attached hydrogens (tertiary/aromatic N) is 1. The van der Waals surface area contributed by atoms with Crippen molar-refractivity contribution in [1.29, 1.82) is 0 Å². The van der Waals surface area contributed by atoms with Gasteiger partial charge in [0, 0.05) is 17.8 Å².